The minimum absolute atomic E-state index is 0.00956. The molecule has 5 nitrogen and oxygen atoms in total. The number of anilines is 2. The highest BCUT2D eigenvalue weighted by molar-refractivity contribution is 6.06. The quantitative estimate of drug-likeness (QED) is 0.417. The van der Waals surface area contributed by atoms with Crippen molar-refractivity contribution in [1.82, 2.24) is 4.98 Å². The Morgan fingerprint density at radius 3 is 2.12 bits per heavy atom. The summed E-state index contributed by atoms with van der Waals surface area (Å²) in [5, 5.41) is 0. The van der Waals surface area contributed by atoms with Gasteiger partial charge in [0.05, 0.1) is 11.4 Å². The lowest BCUT2D eigenvalue weighted by Gasteiger charge is -2.27. The van der Waals surface area contributed by atoms with Crippen LogP contribution in [0.15, 0.2) is 66.4 Å². The molecule has 0 saturated heterocycles. The van der Waals surface area contributed by atoms with Crippen LogP contribution in [0.4, 0.5) is 11.4 Å². The fraction of sp³-hybridized carbons (Fsp3) is 0.222. The predicted octanol–water partition coefficient (Wildman–Crippen LogP) is 6.56. The third-order valence-corrected chi connectivity index (χ3v) is 5.53. The third kappa shape index (κ3) is 4.78. The predicted molar refractivity (Wildman–Crippen MR) is 128 cm³/mol. The summed E-state index contributed by atoms with van der Waals surface area (Å²) in [6, 6.07) is 17.0. The van der Waals surface area contributed by atoms with Gasteiger partial charge in [0.2, 0.25) is 5.91 Å². The van der Waals surface area contributed by atoms with Crippen molar-refractivity contribution in [3.05, 3.63) is 83.2 Å². The van der Waals surface area contributed by atoms with Crippen LogP contribution in [-0.2, 0) is 9.59 Å². The molecule has 32 heavy (non-hydrogen) atoms. The Labute approximate surface area is 189 Å². The zero-order valence-electron chi connectivity index (χ0n) is 19.4. The summed E-state index contributed by atoms with van der Waals surface area (Å²) in [6.45, 7) is 10.6. The number of amides is 1. The van der Waals surface area contributed by atoms with Crippen molar-refractivity contribution in [1.29, 1.82) is 0 Å². The molecular weight excluding hydrogens is 400 g/mol. The zero-order valence-corrected chi connectivity index (χ0v) is 19.4. The summed E-state index contributed by atoms with van der Waals surface area (Å²) in [7, 11) is 0. The number of ether oxygens (including phenoxy) is 1. The Morgan fingerprint density at radius 2 is 1.53 bits per heavy atom. The number of nitrogens with zero attached hydrogens (tertiary/aromatic N) is 2. The van der Waals surface area contributed by atoms with E-state index in [1.54, 1.807) is 24.9 Å². The molecule has 0 aliphatic heterocycles. The van der Waals surface area contributed by atoms with Gasteiger partial charge >= 0.3 is 0 Å². The molecule has 1 amide bonds. The van der Waals surface area contributed by atoms with Crippen LogP contribution in [0, 0.1) is 13.8 Å². The summed E-state index contributed by atoms with van der Waals surface area (Å²) in [5.41, 5.74) is 5.34. The molecule has 0 aliphatic rings. The van der Waals surface area contributed by atoms with E-state index in [2.05, 4.69) is 4.98 Å². The fourth-order valence-corrected chi connectivity index (χ4v) is 3.69. The second kappa shape index (κ2) is 9.60. The number of hydrogen-bond donors (Lipinski definition) is 0. The van der Waals surface area contributed by atoms with E-state index < -0.39 is 0 Å². The molecule has 2 aromatic carbocycles. The number of hydrogen-bond acceptors (Lipinski definition) is 4. The maximum absolute atomic E-state index is 12.9. The van der Waals surface area contributed by atoms with Crippen LogP contribution < -0.4 is 9.64 Å². The maximum atomic E-state index is 12.9. The molecule has 164 valence electrons. The monoisotopic (exact) mass is 428 g/mol. The van der Waals surface area contributed by atoms with Crippen molar-refractivity contribution in [2.45, 2.75) is 41.5 Å². The van der Waals surface area contributed by atoms with Crippen LogP contribution >= 0.6 is 0 Å². The van der Waals surface area contributed by atoms with Gasteiger partial charge < -0.3 is 4.74 Å². The number of aryl methyl sites for hydroxylation is 2. The molecule has 1 heterocycles. The summed E-state index contributed by atoms with van der Waals surface area (Å²) in [4.78, 5) is 31.0. The van der Waals surface area contributed by atoms with Crippen LogP contribution in [0.2, 0.25) is 0 Å². The zero-order chi connectivity index (χ0) is 23.4. The molecule has 0 bridgehead atoms. The van der Waals surface area contributed by atoms with Gasteiger partial charge in [0.25, 0.3) is 0 Å². The van der Waals surface area contributed by atoms with Gasteiger partial charge in [-0.25, -0.2) is 0 Å². The number of carbonyl (C=O) groups is 2. The summed E-state index contributed by atoms with van der Waals surface area (Å²) >= 11 is 0. The Bertz CT molecular complexity index is 1200. The van der Waals surface area contributed by atoms with Crippen LogP contribution in [-0.4, -0.2) is 16.7 Å². The molecule has 3 rings (SSSR count). The highest BCUT2D eigenvalue weighted by Gasteiger charge is 2.23. The number of ketones is 1. The lowest BCUT2D eigenvalue weighted by Crippen LogP contribution is -2.25. The molecule has 0 saturated carbocycles. The van der Waals surface area contributed by atoms with Gasteiger partial charge in [-0.2, -0.15) is 0 Å². The van der Waals surface area contributed by atoms with Gasteiger partial charge in [0.15, 0.2) is 5.78 Å². The topological polar surface area (TPSA) is 59.5 Å². The molecule has 1 aromatic heterocycles. The minimum Gasteiger partial charge on any atom is -0.457 e. The standard InChI is InChI=1S/C27H28N2O3/c1-17-16-24(32-23-10-8-7-9-11-23)12-13-25(17)29(22(6)31)26-14-15-28-20(4)27(26)19(3)18(2)21(5)30/h7-16H,1-6H3/b19-18+. The smallest absolute Gasteiger partial charge is 0.228 e. The lowest BCUT2D eigenvalue weighted by molar-refractivity contribution is -0.116. The highest BCUT2D eigenvalue weighted by atomic mass is 16.5. The molecule has 0 fully saturated rings. The van der Waals surface area contributed by atoms with E-state index in [0.717, 1.165) is 33.8 Å². The number of allylic oxidation sites excluding steroid dienone is 2. The van der Waals surface area contributed by atoms with Crippen molar-refractivity contribution >= 4 is 28.6 Å². The maximum Gasteiger partial charge on any atom is 0.228 e. The molecule has 0 radical (unpaired) electrons. The second-order valence-corrected chi connectivity index (χ2v) is 7.81. The summed E-state index contributed by atoms with van der Waals surface area (Å²) in [5.74, 6) is 1.29. The van der Waals surface area contributed by atoms with Gasteiger partial charge in [0.1, 0.15) is 11.5 Å². The van der Waals surface area contributed by atoms with Gasteiger partial charge in [-0.1, -0.05) is 18.2 Å². The third-order valence-electron chi connectivity index (χ3n) is 5.53. The number of para-hydroxylation sites is 1. The Hall–Kier alpha value is -3.73. The van der Waals surface area contributed by atoms with Crippen LogP contribution in [0.3, 0.4) is 0 Å². The van der Waals surface area contributed by atoms with Crippen molar-refractivity contribution in [3.8, 4) is 11.5 Å². The van der Waals surface area contributed by atoms with Gasteiger partial charge in [-0.3, -0.25) is 19.5 Å². The number of pyridine rings is 1. The van der Waals surface area contributed by atoms with Crippen molar-refractivity contribution < 1.29 is 14.3 Å². The van der Waals surface area contributed by atoms with Crippen molar-refractivity contribution in [3.63, 3.8) is 0 Å². The number of carbonyl (C=O) groups excluding carboxylic acids is 2. The molecular formula is C27H28N2O3. The molecule has 3 aromatic rings. The largest absolute Gasteiger partial charge is 0.457 e. The molecule has 0 N–H and O–H groups in total. The number of benzene rings is 2. The summed E-state index contributed by atoms with van der Waals surface area (Å²) in [6.07, 6.45) is 1.68. The van der Waals surface area contributed by atoms with Gasteiger partial charge in [-0.15, -0.1) is 0 Å². The van der Waals surface area contributed by atoms with Gasteiger partial charge in [-0.05, 0) is 87.7 Å². The number of Topliss-reactive ketones (excluding diaryl/α,β-unsaturated/α-hetero) is 1. The molecule has 0 aliphatic carbocycles. The van der Waals surface area contributed by atoms with Gasteiger partial charge in [0, 0.05) is 24.4 Å². The van der Waals surface area contributed by atoms with Crippen LogP contribution in [0.1, 0.15) is 44.5 Å². The van der Waals surface area contributed by atoms with Crippen molar-refractivity contribution in [2.24, 2.45) is 0 Å². The number of aromatic nitrogens is 1. The number of rotatable bonds is 6. The normalized spacial score (nSPS) is 11.6. The molecule has 0 spiro atoms. The second-order valence-electron chi connectivity index (χ2n) is 7.81. The SMILES string of the molecule is CC(=O)/C(C)=C(\C)c1c(N(C(C)=O)c2ccc(Oc3ccccc3)cc2C)ccnc1C. The highest BCUT2D eigenvalue weighted by Crippen LogP contribution is 2.38. The fourth-order valence-electron chi connectivity index (χ4n) is 3.69. The van der Waals surface area contributed by atoms with Crippen molar-refractivity contribution in [2.75, 3.05) is 4.90 Å². The molecule has 5 heteroatoms. The van der Waals surface area contributed by atoms with E-state index >= 15 is 0 Å². The van der Waals surface area contributed by atoms with E-state index in [9.17, 15) is 9.59 Å². The first kappa shape index (κ1) is 22.9. The first-order valence-corrected chi connectivity index (χ1v) is 10.5. The molecule has 0 atom stereocenters. The van der Waals surface area contributed by atoms with E-state index in [-0.39, 0.29) is 11.7 Å². The lowest BCUT2D eigenvalue weighted by atomic mass is 9.96. The molecule has 0 unspecified atom stereocenters. The first-order valence-electron chi connectivity index (χ1n) is 10.5. The van der Waals surface area contributed by atoms with E-state index in [4.69, 9.17) is 4.74 Å². The minimum atomic E-state index is -0.134. The van der Waals surface area contributed by atoms with E-state index in [0.29, 0.717) is 17.0 Å². The Balaban J connectivity index is 2.11. The summed E-state index contributed by atoms with van der Waals surface area (Å²) < 4.78 is 5.94. The Kier molecular flexibility index (Phi) is 6.89. The Morgan fingerprint density at radius 1 is 0.844 bits per heavy atom. The van der Waals surface area contributed by atoms with Crippen LogP contribution in [0.5, 0.6) is 11.5 Å². The van der Waals surface area contributed by atoms with E-state index in [1.165, 1.54) is 6.92 Å². The average Bonchev–Trinajstić information content (AvgIpc) is 2.75. The van der Waals surface area contributed by atoms with E-state index in [1.807, 2.05) is 75.4 Å². The average molecular weight is 429 g/mol. The van der Waals surface area contributed by atoms with Crippen LogP contribution in [0.25, 0.3) is 5.57 Å². The first-order chi connectivity index (χ1) is 15.2.